The Morgan fingerprint density at radius 2 is 1.80 bits per heavy atom. The van der Waals surface area contributed by atoms with E-state index in [1.807, 2.05) is 18.2 Å². The van der Waals surface area contributed by atoms with Gasteiger partial charge in [0.2, 0.25) is 5.91 Å². The number of hydrogen-bond donors (Lipinski definition) is 0. The lowest BCUT2D eigenvalue weighted by Gasteiger charge is -2.40. The zero-order valence-corrected chi connectivity index (χ0v) is 12.9. The van der Waals surface area contributed by atoms with Crippen molar-refractivity contribution in [2.45, 2.75) is 52.1 Å². The molecule has 2 atom stereocenters. The van der Waals surface area contributed by atoms with E-state index in [-0.39, 0.29) is 5.91 Å². The van der Waals surface area contributed by atoms with Crippen molar-refractivity contribution in [1.29, 1.82) is 0 Å². The average Bonchev–Trinajstić information content (AvgIpc) is 2.45. The summed E-state index contributed by atoms with van der Waals surface area (Å²) < 4.78 is 0. The van der Waals surface area contributed by atoms with Gasteiger partial charge in [0.25, 0.3) is 0 Å². The molecule has 1 heterocycles. The van der Waals surface area contributed by atoms with Gasteiger partial charge in [0.1, 0.15) is 0 Å². The van der Waals surface area contributed by atoms with Gasteiger partial charge in [0, 0.05) is 24.3 Å². The summed E-state index contributed by atoms with van der Waals surface area (Å²) in [5.74, 6) is 0.260. The van der Waals surface area contributed by atoms with E-state index >= 15 is 0 Å². The quantitative estimate of drug-likeness (QED) is 0.841. The smallest absolute Gasteiger partial charge is 0.242 e. The molecule has 0 radical (unpaired) electrons. The Balaban J connectivity index is 2.05. The maximum Gasteiger partial charge on any atom is 0.242 e. The summed E-state index contributed by atoms with van der Waals surface area (Å²) >= 11 is 0. The monoisotopic (exact) mass is 274 g/mol. The fraction of sp³-hybridized carbons (Fsp3) is 0.588. The predicted molar refractivity (Wildman–Crippen MR) is 84.0 cm³/mol. The Morgan fingerprint density at radius 3 is 2.35 bits per heavy atom. The first-order valence-electron chi connectivity index (χ1n) is 7.74. The number of rotatable bonds is 4. The number of carbonyl (C=O) groups is 1. The van der Waals surface area contributed by atoms with Crippen LogP contribution in [0, 0.1) is 0 Å². The SMILES string of the molecule is CCN(CC(=O)N1C(C)CCCC1C)c1ccccc1. The maximum absolute atomic E-state index is 12.6. The molecule has 1 aromatic rings. The van der Waals surface area contributed by atoms with Crippen molar-refractivity contribution >= 4 is 11.6 Å². The number of amides is 1. The molecule has 1 fully saturated rings. The van der Waals surface area contributed by atoms with Crippen molar-refractivity contribution in [1.82, 2.24) is 4.90 Å². The summed E-state index contributed by atoms with van der Waals surface area (Å²) in [5, 5.41) is 0. The van der Waals surface area contributed by atoms with E-state index in [4.69, 9.17) is 0 Å². The van der Waals surface area contributed by atoms with Gasteiger partial charge in [-0.05, 0) is 52.2 Å². The minimum absolute atomic E-state index is 0.260. The molecule has 0 N–H and O–H groups in total. The molecule has 0 bridgehead atoms. The van der Waals surface area contributed by atoms with Crippen molar-refractivity contribution in [3.05, 3.63) is 30.3 Å². The van der Waals surface area contributed by atoms with Crippen LogP contribution < -0.4 is 4.90 Å². The van der Waals surface area contributed by atoms with E-state index in [2.05, 4.69) is 42.7 Å². The summed E-state index contributed by atoms with van der Waals surface area (Å²) in [5.41, 5.74) is 1.13. The third-order valence-corrected chi connectivity index (χ3v) is 4.31. The van der Waals surface area contributed by atoms with E-state index in [0.29, 0.717) is 18.6 Å². The number of benzene rings is 1. The van der Waals surface area contributed by atoms with Gasteiger partial charge in [0.05, 0.1) is 6.54 Å². The van der Waals surface area contributed by atoms with Crippen molar-refractivity contribution in [2.24, 2.45) is 0 Å². The number of carbonyl (C=O) groups excluding carboxylic acids is 1. The highest BCUT2D eigenvalue weighted by Gasteiger charge is 2.29. The minimum Gasteiger partial charge on any atom is -0.362 e. The second kappa shape index (κ2) is 6.78. The van der Waals surface area contributed by atoms with Gasteiger partial charge in [-0.2, -0.15) is 0 Å². The first kappa shape index (κ1) is 14.9. The molecule has 0 spiro atoms. The van der Waals surface area contributed by atoms with Crippen molar-refractivity contribution in [3.8, 4) is 0 Å². The van der Waals surface area contributed by atoms with Crippen LogP contribution in [0.5, 0.6) is 0 Å². The number of anilines is 1. The Bertz CT molecular complexity index is 422. The maximum atomic E-state index is 12.6. The normalized spacial score (nSPS) is 22.6. The Kier molecular flexibility index (Phi) is 5.05. The lowest BCUT2D eigenvalue weighted by atomic mass is 9.97. The van der Waals surface area contributed by atoms with Crippen LogP contribution in [0.2, 0.25) is 0 Å². The van der Waals surface area contributed by atoms with E-state index in [1.165, 1.54) is 6.42 Å². The molecule has 3 nitrogen and oxygen atoms in total. The molecule has 1 saturated heterocycles. The number of likely N-dealkylation sites (tertiary alicyclic amines) is 1. The van der Waals surface area contributed by atoms with Gasteiger partial charge in [-0.1, -0.05) is 18.2 Å². The van der Waals surface area contributed by atoms with Gasteiger partial charge in [0.15, 0.2) is 0 Å². The molecule has 20 heavy (non-hydrogen) atoms. The van der Waals surface area contributed by atoms with Crippen molar-refractivity contribution in [3.63, 3.8) is 0 Å². The summed E-state index contributed by atoms with van der Waals surface area (Å²) in [6.45, 7) is 7.78. The molecule has 3 heteroatoms. The molecule has 2 unspecified atom stereocenters. The van der Waals surface area contributed by atoms with E-state index < -0.39 is 0 Å². The van der Waals surface area contributed by atoms with Gasteiger partial charge >= 0.3 is 0 Å². The second-order valence-corrected chi connectivity index (χ2v) is 5.78. The summed E-state index contributed by atoms with van der Waals surface area (Å²) in [7, 11) is 0. The molecule has 1 aliphatic heterocycles. The molecule has 2 rings (SSSR count). The third-order valence-electron chi connectivity index (χ3n) is 4.31. The Hall–Kier alpha value is -1.51. The van der Waals surface area contributed by atoms with Crippen LogP contribution in [0.4, 0.5) is 5.69 Å². The summed E-state index contributed by atoms with van der Waals surface area (Å²) in [4.78, 5) is 16.9. The standard InChI is InChI=1S/C17H26N2O/c1-4-18(16-11-6-5-7-12-16)13-17(20)19-14(2)9-8-10-15(19)3/h5-7,11-12,14-15H,4,8-10,13H2,1-3H3. The largest absolute Gasteiger partial charge is 0.362 e. The lowest BCUT2D eigenvalue weighted by Crippen LogP contribution is -2.51. The first-order chi connectivity index (χ1) is 9.63. The zero-order chi connectivity index (χ0) is 14.5. The first-order valence-corrected chi connectivity index (χ1v) is 7.74. The molecule has 1 aliphatic rings. The van der Waals surface area contributed by atoms with Crippen LogP contribution in [0.1, 0.15) is 40.0 Å². The summed E-state index contributed by atoms with van der Waals surface area (Å²) in [6.07, 6.45) is 3.50. The highest BCUT2D eigenvalue weighted by molar-refractivity contribution is 5.82. The fourth-order valence-electron chi connectivity index (χ4n) is 3.18. The van der Waals surface area contributed by atoms with Crippen LogP contribution in [-0.4, -0.2) is 36.0 Å². The zero-order valence-electron chi connectivity index (χ0n) is 12.9. The molecular weight excluding hydrogens is 248 g/mol. The topological polar surface area (TPSA) is 23.6 Å². The number of hydrogen-bond acceptors (Lipinski definition) is 2. The molecule has 0 aromatic heterocycles. The molecule has 0 saturated carbocycles. The molecule has 1 aromatic carbocycles. The number of para-hydroxylation sites is 1. The number of likely N-dealkylation sites (N-methyl/N-ethyl adjacent to an activating group) is 1. The molecule has 0 aliphatic carbocycles. The minimum atomic E-state index is 0.260. The summed E-state index contributed by atoms with van der Waals surface area (Å²) in [6, 6.07) is 10.9. The van der Waals surface area contributed by atoms with Crippen molar-refractivity contribution < 1.29 is 4.79 Å². The fourth-order valence-corrected chi connectivity index (χ4v) is 3.18. The average molecular weight is 274 g/mol. The third kappa shape index (κ3) is 3.33. The number of piperidine rings is 1. The predicted octanol–water partition coefficient (Wildman–Crippen LogP) is 3.30. The van der Waals surface area contributed by atoms with Gasteiger partial charge in [-0.25, -0.2) is 0 Å². The van der Waals surface area contributed by atoms with Gasteiger partial charge in [-0.3, -0.25) is 4.79 Å². The number of nitrogens with zero attached hydrogens (tertiary/aromatic N) is 2. The Morgan fingerprint density at radius 1 is 1.20 bits per heavy atom. The van der Waals surface area contributed by atoms with Crippen LogP contribution in [0.25, 0.3) is 0 Å². The van der Waals surface area contributed by atoms with Crippen LogP contribution in [-0.2, 0) is 4.79 Å². The van der Waals surface area contributed by atoms with Gasteiger partial charge in [-0.15, -0.1) is 0 Å². The van der Waals surface area contributed by atoms with Crippen LogP contribution >= 0.6 is 0 Å². The molecule has 1 amide bonds. The molecule has 110 valence electrons. The highest BCUT2D eigenvalue weighted by Crippen LogP contribution is 2.23. The Labute approximate surface area is 122 Å². The van der Waals surface area contributed by atoms with Crippen LogP contribution in [0.15, 0.2) is 30.3 Å². The second-order valence-electron chi connectivity index (χ2n) is 5.78. The lowest BCUT2D eigenvalue weighted by molar-refractivity contribution is -0.135. The van der Waals surface area contributed by atoms with Crippen LogP contribution in [0.3, 0.4) is 0 Å². The molecular formula is C17H26N2O. The van der Waals surface area contributed by atoms with E-state index in [9.17, 15) is 4.79 Å². The van der Waals surface area contributed by atoms with Crippen molar-refractivity contribution in [2.75, 3.05) is 18.0 Å². The highest BCUT2D eigenvalue weighted by atomic mass is 16.2. The van der Waals surface area contributed by atoms with E-state index in [1.54, 1.807) is 0 Å². The van der Waals surface area contributed by atoms with E-state index in [0.717, 1.165) is 25.1 Å². The van der Waals surface area contributed by atoms with Gasteiger partial charge < -0.3 is 9.80 Å².